The molecular weight excluding hydrogens is 273 g/mol. The molecule has 1 aliphatic carbocycles. The Kier molecular flexibility index (Phi) is 5.68. The van der Waals surface area contributed by atoms with E-state index >= 15 is 0 Å². The quantitative estimate of drug-likeness (QED) is 0.842. The number of halogens is 3. The Balaban J connectivity index is 2.35. The maximum absolute atomic E-state index is 12.2. The van der Waals surface area contributed by atoms with Crippen LogP contribution in [0.15, 0.2) is 0 Å². The molecular formula is C13H23F3N2O2. The van der Waals surface area contributed by atoms with Crippen molar-refractivity contribution in [3.05, 3.63) is 0 Å². The summed E-state index contributed by atoms with van der Waals surface area (Å²) in [6.45, 7) is 4.31. The molecule has 1 saturated carbocycles. The first-order valence-corrected chi connectivity index (χ1v) is 6.85. The van der Waals surface area contributed by atoms with Crippen LogP contribution in [0, 0.1) is 0 Å². The summed E-state index contributed by atoms with van der Waals surface area (Å²) in [5.74, 6) is 0. The monoisotopic (exact) mass is 296 g/mol. The number of hydrogen-bond donors (Lipinski definition) is 2. The summed E-state index contributed by atoms with van der Waals surface area (Å²) in [4.78, 5) is 11.6. The Morgan fingerprint density at radius 3 is 2.35 bits per heavy atom. The lowest BCUT2D eigenvalue weighted by Gasteiger charge is -2.31. The second-order valence-electron chi connectivity index (χ2n) is 6.20. The van der Waals surface area contributed by atoms with Gasteiger partial charge in [0.25, 0.3) is 0 Å². The molecule has 4 nitrogen and oxygen atoms in total. The molecule has 0 spiro atoms. The Labute approximate surface area is 117 Å². The number of ether oxygens (including phenoxy) is 1. The van der Waals surface area contributed by atoms with Crippen molar-refractivity contribution in [3.8, 4) is 0 Å². The first-order valence-electron chi connectivity index (χ1n) is 6.85. The number of carbonyl (C=O) groups excluding carboxylic acids is 1. The molecule has 2 N–H and O–H groups in total. The van der Waals surface area contributed by atoms with Crippen LogP contribution < -0.4 is 10.6 Å². The van der Waals surface area contributed by atoms with Crippen LogP contribution in [-0.4, -0.2) is 36.5 Å². The van der Waals surface area contributed by atoms with Gasteiger partial charge in [-0.3, -0.25) is 0 Å². The molecule has 0 heterocycles. The summed E-state index contributed by atoms with van der Waals surface area (Å²) in [6, 6.07) is -0.352. The van der Waals surface area contributed by atoms with Gasteiger partial charge in [0.2, 0.25) is 0 Å². The van der Waals surface area contributed by atoms with E-state index in [0.29, 0.717) is 12.8 Å². The van der Waals surface area contributed by atoms with Gasteiger partial charge in [-0.25, -0.2) is 4.79 Å². The molecule has 20 heavy (non-hydrogen) atoms. The van der Waals surface area contributed by atoms with Crippen molar-refractivity contribution in [2.45, 2.75) is 70.3 Å². The maximum Gasteiger partial charge on any atom is 0.407 e. The summed E-state index contributed by atoms with van der Waals surface area (Å²) in [5, 5.41) is 5.22. The highest BCUT2D eigenvalue weighted by Crippen LogP contribution is 2.21. The minimum Gasteiger partial charge on any atom is -0.444 e. The van der Waals surface area contributed by atoms with Crippen LogP contribution in [0.5, 0.6) is 0 Å². The first kappa shape index (κ1) is 17.1. The maximum atomic E-state index is 12.2. The second kappa shape index (κ2) is 6.65. The fourth-order valence-corrected chi connectivity index (χ4v) is 2.24. The highest BCUT2D eigenvalue weighted by molar-refractivity contribution is 5.68. The smallest absolute Gasteiger partial charge is 0.407 e. The molecule has 7 heteroatoms. The molecule has 1 fully saturated rings. The van der Waals surface area contributed by atoms with Gasteiger partial charge in [0.1, 0.15) is 5.60 Å². The second-order valence-corrected chi connectivity index (χ2v) is 6.20. The predicted molar refractivity (Wildman–Crippen MR) is 69.5 cm³/mol. The van der Waals surface area contributed by atoms with Gasteiger partial charge in [-0.15, -0.1) is 0 Å². The summed E-state index contributed by atoms with van der Waals surface area (Å²) >= 11 is 0. The van der Waals surface area contributed by atoms with Crippen LogP contribution in [0.1, 0.15) is 46.5 Å². The summed E-state index contributed by atoms with van der Waals surface area (Å²) in [6.07, 6.45) is -1.97. The van der Waals surface area contributed by atoms with Crippen molar-refractivity contribution >= 4 is 6.09 Å². The molecule has 0 saturated heterocycles. The lowest BCUT2D eigenvalue weighted by molar-refractivity contribution is -0.126. The van der Waals surface area contributed by atoms with Gasteiger partial charge < -0.3 is 15.4 Å². The number of hydrogen-bond acceptors (Lipinski definition) is 3. The molecule has 0 aliphatic heterocycles. The van der Waals surface area contributed by atoms with Crippen LogP contribution in [0.3, 0.4) is 0 Å². The normalized spacial score (nSPS) is 24.3. The molecule has 0 radical (unpaired) electrons. The average molecular weight is 296 g/mol. The molecule has 2 atom stereocenters. The standard InChI is InChI=1S/C13H23F3N2O2/c1-12(2,3)20-11(19)18-10-6-4-5-9(7-10)17-8-13(14,15)16/h9-10,17H,4-8H2,1-3H3,(H,18,19). The highest BCUT2D eigenvalue weighted by Gasteiger charge is 2.30. The SMILES string of the molecule is CC(C)(C)OC(=O)NC1CCCC(NCC(F)(F)F)C1. The average Bonchev–Trinajstić information content (AvgIpc) is 2.23. The van der Waals surface area contributed by atoms with E-state index in [4.69, 9.17) is 4.74 Å². The third-order valence-corrected chi connectivity index (χ3v) is 2.99. The number of alkyl carbamates (subject to hydrolysis) is 1. The first-order chi connectivity index (χ1) is 9.05. The van der Waals surface area contributed by atoms with Crippen molar-refractivity contribution in [2.75, 3.05) is 6.54 Å². The topological polar surface area (TPSA) is 50.4 Å². The molecule has 0 aromatic heterocycles. The third kappa shape index (κ3) is 7.57. The molecule has 1 amide bonds. The van der Waals surface area contributed by atoms with E-state index in [1.54, 1.807) is 20.8 Å². The molecule has 0 aromatic carbocycles. The largest absolute Gasteiger partial charge is 0.444 e. The van der Waals surface area contributed by atoms with Crippen molar-refractivity contribution in [2.24, 2.45) is 0 Å². The number of carbonyl (C=O) groups is 1. The van der Waals surface area contributed by atoms with Gasteiger partial charge in [-0.05, 0) is 46.5 Å². The van der Waals surface area contributed by atoms with Gasteiger partial charge in [0.05, 0.1) is 6.54 Å². The Morgan fingerprint density at radius 2 is 1.80 bits per heavy atom. The molecule has 118 valence electrons. The lowest BCUT2D eigenvalue weighted by atomic mass is 9.91. The van der Waals surface area contributed by atoms with E-state index in [2.05, 4.69) is 10.6 Å². The number of alkyl halides is 3. The number of rotatable bonds is 3. The van der Waals surface area contributed by atoms with E-state index in [1.165, 1.54) is 0 Å². The van der Waals surface area contributed by atoms with E-state index in [9.17, 15) is 18.0 Å². The van der Waals surface area contributed by atoms with E-state index in [-0.39, 0.29) is 12.1 Å². The van der Waals surface area contributed by atoms with Crippen LogP contribution >= 0.6 is 0 Å². The summed E-state index contributed by atoms with van der Waals surface area (Å²) in [7, 11) is 0. The van der Waals surface area contributed by atoms with Gasteiger partial charge in [-0.1, -0.05) is 0 Å². The molecule has 0 aromatic rings. The van der Waals surface area contributed by atoms with E-state index in [0.717, 1.165) is 12.8 Å². The highest BCUT2D eigenvalue weighted by atomic mass is 19.4. The van der Waals surface area contributed by atoms with Crippen molar-refractivity contribution < 1.29 is 22.7 Å². The van der Waals surface area contributed by atoms with E-state index < -0.39 is 24.4 Å². The van der Waals surface area contributed by atoms with Crippen LogP contribution in [0.4, 0.5) is 18.0 Å². The fourth-order valence-electron chi connectivity index (χ4n) is 2.24. The van der Waals surface area contributed by atoms with Gasteiger partial charge in [0.15, 0.2) is 0 Å². The number of nitrogens with one attached hydrogen (secondary N) is 2. The van der Waals surface area contributed by atoms with Crippen LogP contribution in [-0.2, 0) is 4.74 Å². The number of amides is 1. The molecule has 2 unspecified atom stereocenters. The lowest BCUT2D eigenvalue weighted by Crippen LogP contribution is -2.47. The van der Waals surface area contributed by atoms with Gasteiger partial charge in [-0.2, -0.15) is 13.2 Å². The zero-order chi connectivity index (χ0) is 15.4. The van der Waals surface area contributed by atoms with Crippen molar-refractivity contribution in [1.82, 2.24) is 10.6 Å². The molecule has 1 rings (SSSR count). The van der Waals surface area contributed by atoms with Crippen molar-refractivity contribution in [1.29, 1.82) is 0 Å². The summed E-state index contributed by atoms with van der Waals surface area (Å²) < 4.78 is 41.6. The zero-order valence-electron chi connectivity index (χ0n) is 12.1. The minimum absolute atomic E-state index is 0.135. The van der Waals surface area contributed by atoms with Gasteiger partial charge >= 0.3 is 12.3 Å². The third-order valence-electron chi connectivity index (χ3n) is 2.99. The van der Waals surface area contributed by atoms with Gasteiger partial charge in [0, 0.05) is 12.1 Å². The van der Waals surface area contributed by atoms with E-state index in [1.807, 2.05) is 0 Å². The zero-order valence-corrected chi connectivity index (χ0v) is 12.1. The minimum atomic E-state index is -4.20. The van der Waals surface area contributed by atoms with Crippen molar-refractivity contribution in [3.63, 3.8) is 0 Å². The predicted octanol–water partition coefficient (Wildman–Crippen LogP) is 2.97. The van der Waals surface area contributed by atoms with Crippen LogP contribution in [0.25, 0.3) is 0 Å². The molecule has 0 bridgehead atoms. The fraction of sp³-hybridized carbons (Fsp3) is 0.923. The Bertz CT molecular complexity index is 327. The Hall–Kier alpha value is -0.980. The molecule has 1 aliphatic rings. The Morgan fingerprint density at radius 1 is 1.20 bits per heavy atom. The van der Waals surface area contributed by atoms with Crippen LogP contribution in [0.2, 0.25) is 0 Å². The summed E-state index contributed by atoms with van der Waals surface area (Å²) in [5.41, 5.74) is -0.577.